The van der Waals surface area contributed by atoms with Gasteiger partial charge in [-0.2, -0.15) is 0 Å². The number of aromatic nitrogens is 1. The van der Waals surface area contributed by atoms with Crippen molar-refractivity contribution in [3.8, 4) is 0 Å². The number of Topliss-reactive ketones (excluding diaryl/α,β-unsaturated/α-hetero) is 1. The maximum absolute atomic E-state index is 12.9. The van der Waals surface area contributed by atoms with Crippen LogP contribution in [0.1, 0.15) is 21.5 Å². The molecule has 0 spiro atoms. The summed E-state index contributed by atoms with van der Waals surface area (Å²) in [6.07, 6.45) is 2.47. The number of hydrogen-bond donors (Lipinski definition) is 0. The summed E-state index contributed by atoms with van der Waals surface area (Å²) < 4.78 is 25.9. The van der Waals surface area contributed by atoms with Crippen molar-refractivity contribution >= 4 is 5.78 Å². The van der Waals surface area contributed by atoms with E-state index in [4.69, 9.17) is 0 Å². The van der Waals surface area contributed by atoms with E-state index in [0.29, 0.717) is 5.56 Å². The predicted octanol–water partition coefficient (Wildman–Crippen LogP) is 3.09. The van der Waals surface area contributed by atoms with Crippen LogP contribution in [0.15, 0.2) is 36.7 Å². The second-order valence-corrected chi connectivity index (χ2v) is 4.06. The number of halogens is 2. The van der Waals surface area contributed by atoms with Gasteiger partial charge in [0, 0.05) is 18.2 Å². The highest BCUT2D eigenvalue weighted by atomic mass is 19.1. The maximum Gasteiger partial charge on any atom is 0.168 e. The first kappa shape index (κ1) is 12.4. The second kappa shape index (κ2) is 5.04. The molecule has 4 heteroatoms. The number of carbonyl (C=O) groups is 1. The Morgan fingerprint density at radius 2 is 1.94 bits per heavy atom. The number of aryl methyl sites for hydroxylation is 1. The molecule has 1 aromatic carbocycles. The summed E-state index contributed by atoms with van der Waals surface area (Å²) in [5.41, 5.74) is 1.65. The van der Waals surface area contributed by atoms with E-state index < -0.39 is 5.82 Å². The van der Waals surface area contributed by atoms with Crippen LogP contribution < -0.4 is 0 Å². The van der Waals surface area contributed by atoms with Crippen molar-refractivity contribution in [1.29, 1.82) is 0 Å². The first-order valence-electron chi connectivity index (χ1n) is 5.45. The Morgan fingerprint density at radius 1 is 1.17 bits per heavy atom. The normalized spacial score (nSPS) is 10.4. The molecule has 0 unspecified atom stereocenters. The molecular weight excluding hydrogens is 236 g/mol. The quantitative estimate of drug-likeness (QED) is 0.780. The third-order valence-corrected chi connectivity index (χ3v) is 2.68. The molecule has 0 radical (unpaired) electrons. The van der Waals surface area contributed by atoms with Crippen LogP contribution >= 0.6 is 0 Å². The molecule has 0 amide bonds. The number of pyridine rings is 1. The van der Waals surface area contributed by atoms with Crippen molar-refractivity contribution in [3.63, 3.8) is 0 Å². The number of ketones is 1. The molecule has 2 aromatic rings. The largest absolute Gasteiger partial charge is 0.294 e. The minimum atomic E-state index is -0.545. The number of benzene rings is 1. The Labute approximate surface area is 103 Å². The average Bonchev–Trinajstić information content (AvgIpc) is 2.32. The van der Waals surface area contributed by atoms with Gasteiger partial charge >= 0.3 is 0 Å². The summed E-state index contributed by atoms with van der Waals surface area (Å²) in [6, 6.07) is 5.38. The van der Waals surface area contributed by atoms with Crippen LogP contribution in [-0.4, -0.2) is 10.8 Å². The average molecular weight is 247 g/mol. The summed E-state index contributed by atoms with van der Waals surface area (Å²) in [4.78, 5) is 15.5. The third kappa shape index (κ3) is 2.77. The Bertz CT molecular complexity index is 596. The third-order valence-electron chi connectivity index (χ3n) is 2.68. The molecule has 0 N–H and O–H groups in total. The van der Waals surface area contributed by atoms with Gasteiger partial charge in [0.2, 0.25) is 0 Å². The standard InChI is InChI=1S/C14H11F2NO/c1-9-4-12(15)3-2-10(9)6-14(18)11-5-13(16)8-17-7-11/h2-5,7-8H,6H2,1H3. The molecule has 1 aromatic heterocycles. The van der Waals surface area contributed by atoms with Gasteiger partial charge in [0.05, 0.1) is 6.20 Å². The van der Waals surface area contributed by atoms with Gasteiger partial charge in [0.25, 0.3) is 0 Å². The molecule has 0 fully saturated rings. The highest BCUT2D eigenvalue weighted by Crippen LogP contribution is 2.13. The molecule has 2 nitrogen and oxygen atoms in total. The van der Waals surface area contributed by atoms with Gasteiger partial charge in [-0.25, -0.2) is 8.78 Å². The summed E-state index contributed by atoms with van der Waals surface area (Å²) in [6.45, 7) is 1.73. The molecule has 0 bridgehead atoms. The van der Waals surface area contributed by atoms with E-state index in [1.807, 2.05) is 0 Å². The number of hydrogen-bond acceptors (Lipinski definition) is 2. The molecule has 92 valence electrons. The minimum absolute atomic E-state index is 0.108. The zero-order chi connectivity index (χ0) is 13.1. The minimum Gasteiger partial charge on any atom is -0.294 e. The Hall–Kier alpha value is -2.10. The van der Waals surface area contributed by atoms with Gasteiger partial charge in [-0.05, 0) is 36.2 Å². The highest BCUT2D eigenvalue weighted by molar-refractivity contribution is 5.97. The van der Waals surface area contributed by atoms with E-state index in [1.54, 1.807) is 13.0 Å². The first-order valence-corrected chi connectivity index (χ1v) is 5.45. The Kier molecular flexibility index (Phi) is 3.46. The van der Waals surface area contributed by atoms with E-state index in [2.05, 4.69) is 4.98 Å². The smallest absolute Gasteiger partial charge is 0.168 e. The summed E-state index contributed by atoms with van der Waals surface area (Å²) in [5.74, 6) is -1.12. The topological polar surface area (TPSA) is 30.0 Å². The van der Waals surface area contributed by atoms with Crippen LogP contribution in [0.5, 0.6) is 0 Å². The van der Waals surface area contributed by atoms with E-state index in [9.17, 15) is 13.6 Å². The van der Waals surface area contributed by atoms with Crippen LogP contribution in [0.2, 0.25) is 0 Å². The molecule has 2 rings (SSSR count). The number of rotatable bonds is 3. The maximum atomic E-state index is 12.9. The molecule has 18 heavy (non-hydrogen) atoms. The van der Waals surface area contributed by atoms with Crippen molar-refractivity contribution in [1.82, 2.24) is 4.98 Å². The lowest BCUT2D eigenvalue weighted by Crippen LogP contribution is -2.06. The van der Waals surface area contributed by atoms with Gasteiger partial charge < -0.3 is 0 Å². The zero-order valence-electron chi connectivity index (χ0n) is 9.78. The van der Waals surface area contributed by atoms with Gasteiger partial charge in [-0.1, -0.05) is 6.07 Å². The van der Waals surface area contributed by atoms with Crippen molar-refractivity contribution in [3.05, 3.63) is 65.0 Å². The van der Waals surface area contributed by atoms with Gasteiger partial charge in [0.15, 0.2) is 5.78 Å². The summed E-state index contributed by atoms with van der Waals surface area (Å²) >= 11 is 0. The van der Waals surface area contributed by atoms with E-state index >= 15 is 0 Å². The summed E-state index contributed by atoms with van der Waals surface area (Å²) in [5, 5.41) is 0. The van der Waals surface area contributed by atoms with Crippen LogP contribution in [0.3, 0.4) is 0 Å². The second-order valence-electron chi connectivity index (χ2n) is 4.06. The molecule has 0 aliphatic heterocycles. The fourth-order valence-corrected chi connectivity index (χ4v) is 1.70. The van der Waals surface area contributed by atoms with Gasteiger partial charge in [-0.3, -0.25) is 9.78 Å². The number of carbonyl (C=O) groups excluding carboxylic acids is 1. The van der Waals surface area contributed by atoms with E-state index in [0.717, 1.165) is 17.8 Å². The Morgan fingerprint density at radius 3 is 2.61 bits per heavy atom. The molecule has 0 saturated heterocycles. The zero-order valence-corrected chi connectivity index (χ0v) is 9.78. The first-order chi connectivity index (χ1) is 8.56. The van der Waals surface area contributed by atoms with E-state index in [1.165, 1.54) is 18.3 Å². The highest BCUT2D eigenvalue weighted by Gasteiger charge is 2.10. The lowest BCUT2D eigenvalue weighted by Gasteiger charge is -2.05. The van der Waals surface area contributed by atoms with Crippen molar-refractivity contribution in [2.24, 2.45) is 0 Å². The van der Waals surface area contributed by atoms with Gasteiger partial charge in [0.1, 0.15) is 11.6 Å². The molecule has 0 atom stereocenters. The lowest BCUT2D eigenvalue weighted by molar-refractivity contribution is 0.0992. The molecule has 0 aliphatic carbocycles. The van der Waals surface area contributed by atoms with Crippen molar-refractivity contribution in [2.45, 2.75) is 13.3 Å². The number of nitrogens with zero attached hydrogens (tertiary/aromatic N) is 1. The predicted molar refractivity (Wildman–Crippen MR) is 63.4 cm³/mol. The molecule has 0 saturated carbocycles. The van der Waals surface area contributed by atoms with Crippen molar-refractivity contribution < 1.29 is 13.6 Å². The summed E-state index contributed by atoms with van der Waals surface area (Å²) in [7, 11) is 0. The van der Waals surface area contributed by atoms with Gasteiger partial charge in [-0.15, -0.1) is 0 Å². The molecule has 0 aliphatic rings. The van der Waals surface area contributed by atoms with Crippen molar-refractivity contribution in [2.75, 3.05) is 0 Å². The SMILES string of the molecule is Cc1cc(F)ccc1CC(=O)c1cncc(F)c1. The fourth-order valence-electron chi connectivity index (χ4n) is 1.70. The molecule has 1 heterocycles. The monoisotopic (exact) mass is 247 g/mol. The van der Waals surface area contributed by atoms with Crippen LogP contribution in [0.4, 0.5) is 8.78 Å². The lowest BCUT2D eigenvalue weighted by atomic mass is 10.0. The van der Waals surface area contributed by atoms with Crippen LogP contribution in [-0.2, 0) is 6.42 Å². The fraction of sp³-hybridized carbons (Fsp3) is 0.143. The Balaban J connectivity index is 2.21. The van der Waals surface area contributed by atoms with E-state index in [-0.39, 0.29) is 23.6 Å². The van der Waals surface area contributed by atoms with Crippen LogP contribution in [0.25, 0.3) is 0 Å². The van der Waals surface area contributed by atoms with Crippen LogP contribution in [0, 0.1) is 18.6 Å². The molecular formula is C14H11F2NO.